The maximum Gasteiger partial charge on any atom is 0.284 e. The van der Waals surface area contributed by atoms with Crippen molar-refractivity contribution >= 4 is 11.6 Å². The molecule has 4 rings (SSSR count). The number of fused-ring (bicyclic) bond motifs is 1. The number of hydrazone groups is 1. The molecule has 7 heteroatoms. The van der Waals surface area contributed by atoms with Crippen molar-refractivity contribution < 1.29 is 19.4 Å². The number of piperidine rings is 1. The number of benzene rings is 2. The topological polar surface area (TPSA) is 83.4 Å². The van der Waals surface area contributed by atoms with Crippen molar-refractivity contribution in [3.8, 4) is 17.2 Å². The van der Waals surface area contributed by atoms with Gasteiger partial charge in [0.25, 0.3) is 5.91 Å². The number of amides is 1. The van der Waals surface area contributed by atoms with Gasteiger partial charge in [0, 0.05) is 12.1 Å². The molecule has 1 saturated heterocycles. The first-order chi connectivity index (χ1) is 14.6. The Morgan fingerprint density at radius 2 is 1.93 bits per heavy atom. The number of aromatic hydroxyl groups is 1. The molecular weight excluding hydrogens is 382 g/mol. The third-order valence-corrected chi connectivity index (χ3v) is 5.47. The van der Waals surface area contributed by atoms with Crippen LogP contribution in [0.2, 0.25) is 0 Å². The van der Waals surface area contributed by atoms with Gasteiger partial charge in [0.2, 0.25) is 6.10 Å². The van der Waals surface area contributed by atoms with Gasteiger partial charge in [-0.3, -0.25) is 9.69 Å². The van der Waals surface area contributed by atoms with Crippen LogP contribution in [0.1, 0.15) is 37.3 Å². The highest BCUT2D eigenvalue weighted by atomic mass is 16.6. The molecule has 2 N–H and O–H groups in total. The molecule has 0 aromatic heterocycles. The lowest BCUT2D eigenvalue weighted by Gasteiger charge is -2.26. The summed E-state index contributed by atoms with van der Waals surface area (Å²) in [5.41, 5.74) is 4.95. The number of phenols is 1. The van der Waals surface area contributed by atoms with Crippen LogP contribution in [0, 0.1) is 0 Å². The van der Waals surface area contributed by atoms with E-state index in [1.165, 1.54) is 19.3 Å². The Morgan fingerprint density at radius 1 is 1.17 bits per heavy atom. The van der Waals surface area contributed by atoms with Crippen molar-refractivity contribution in [1.29, 1.82) is 0 Å². The first-order valence-electron chi connectivity index (χ1n) is 10.4. The third-order valence-electron chi connectivity index (χ3n) is 5.47. The Hall–Kier alpha value is -3.06. The zero-order chi connectivity index (χ0) is 20.9. The summed E-state index contributed by atoms with van der Waals surface area (Å²) >= 11 is 0. The third kappa shape index (κ3) is 4.74. The molecule has 1 atom stereocenters. The van der Waals surface area contributed by atoms with Gasteiger partial charge in [0.05, 0.1) is 5.71 Å². The minimum Gasteiger partial charge on any atom is -0.508 e. The summed E-state index contributed by atoms with van der Waals surface area (Å²) in [4.78, 5) is 14.8. The highest BCUT2D eigenvalue weighted by molar-refractivity contribution is 5.99. The van der Waals surface area contributed by atoms with Crippen LogP contribution in [0.25, 0.3) is 0 Å². The smallest absolute Gasteiger partial charge is 0.284 e. The van der Waals surface area contributed by atoms with Crippen LogP contribution in [0.4, 0.5) is 0 Å². The van der Waals surface area contributed by atoms with E-state index in [0.717, 1.165) is 24.2 Å². The Balaban J connectivity index is 1.39. The van der Waals surface area contributed by atoms with Crippen LogP contribution in [0.5, 0.6) is 17.2 Å². The molecule has 2 aliphatic heterocycles. The van der Waals surface area contributed by atoms with E-state index in [4.69, 9.17) is 9.47 Å². The second-order valence-electron chi connectivity index (χ2n) is 7.72. The largest absolute Gasteiger partial charge is 0.508 e. The standard InChI is InChI=1S/C23H27N3O4/c1-16(17-9-10-19(27)18(13-17)14-26-11-5-2-6-12-26)24-25-23(28)22-15-29-20-7-3-4-8-21(20)30-22/h3-4,7-10,13,22,27H,2,5-6,11-12,14-15H2,1H3,(H,25,28)/b24-16+/t22-/m0/s1. The Kier molecular flexibility index (Phi) is 6.18. The quantitative estimate of drug-likeness (QED) is 0.586. The van der Waals surface area contributed by atoms with Crippen molar-refractivity contribution in [2.24, 2.45) is 5.10 Å². The maximum atomic E-state index is 12.5. The number of rotatable bonds is 5. The second kappa shape index (κ2) is 9.17. The van der Waals surface area contributed by atoms with Gasteiger partial charge in [-0.2, -0.15) is 5.10 Å². The molecule has 7 nitrogen and oxygen atoms in total. The van der Waals surface area contributed by atoms with E-state index in [1.807, 2.05) is 25.1 Å². The van der Waals surface area contributed by atoms with E-state index < -0.39 is 6.10 Å². The molecule has 158 valence electrons. The highest BCUT2D eigenvalue weighted by Crippen LogP contribution is 2.30. The SMILES string of the molecule is C/C(=N\NC(=O)[C@@H]1COc2ccccc2O1)c1ccc(O)c(CN2CCCCC2)c1. The molecule has 0 spiro atoms. The number of ether oxygens (including phenoxy) is 2. The van der Waals surface area contributed by atoms with E-state index in [-0.39, 0.29) is 18.3 Å². The van der Waals surface area contributed by atoms with Gasteiger partial charge >= 0.3 is 0 Å². The molecule has 1 amide bonds. The lowest BCUT2D eigenvalue weighted by molar-refractivity contribution is -0.130. The van der Waals surface area contributed by atoms with Crippen LogP contribution in [-0.4, -0.2) is 47.4 Å². The van der Waals surface area contributed by atoms with Gasteiger partial charge in [-0.15, -0.1) is 0 Å². The molecule has 0 saturated carbocycles. The monoisotopic (exact) mass is 409 g/mol. The number of carbonyl (C=O) groups excluding carboxylic acids is 1. The predicted molar refractivity (Wildman–Crippen MR) is 114 cm³/mol. The van der Waals surface area contributed by atoms with E-state index in [1.54, 1.807) is 24.3 Å². The van der Waals surface area contributed by atoms with Gasteiger partial charge < -0.3 is 14.6 Å². The van der Waals surface area contributed by atoms with Crippen LogP contribution < -0.4 is 14.9 Å². The normalized spacial score (nSPS) is 19.4. The zero-order valence-corrected chi connectivity index (χ0v) is 17.1. The number of hydrogen-bond donors (Lipinski definition) is 2. The summed E-state index contributed by atoms with van der Waals surface area (Å²) in [5.74, 6) is 1.10. The summed E-state index contributed by atoms with van der Waals surface area (Å²) in [6, 6.07) is 12.7. The number of para-hydroxylation sites is 2. The number of carbonyl (C=O) groups is 1. The zero-order valence-electron chi connectivity index (χ0n) is 17.1. The van der Waals surface area contributed by atoms with E-state index in [9.17, 15) is 9.90 Å². The number of hydrogen-bond acceptors (Lipinski definition) is 6. The molecule has 2 aromatic rings. The maximum absolute atomic E-state index is 12.5. The fourth-order valence-corrected chi connectivity index (χ4v) is 3.72. The molecule has 2 heterocycles. The van der Waals surface area contributed by atoms with Crippen molar-refractivity contribution in [3.05, 3.63) is 53.6 Å². The van der Waals surface area contributed by atoms with Gasteiger partial charge in [0.15, 0.2) is 11.5 Å². The Morgan fingerprint density at radius 3 is 2.73 bits per heavy atom. The Labute approximate surface area is 176 Å². The molecule has 1 fully saturated rings. The lowest BCUT2D eigenvalue weighted by Crippen LogP contribution is -2.42. The first kappa shape index (κ1) is 20.2. The molecular formula is C23H27N3O4. The fraction of sp³-hybridized carbons (Fsp3) is 0.391. The average molecular weight is 409 g/mol. The average Bonchev–Trinajstić information content (AvgIpc) is 2.79. The molecule has 0 unspecified atom stereocenters. The first-order valence-corrected chi connectivity index (χ1v) is 10.4. The van der Waals surface area contributed by atoms with E-state index in [2.05, 4.69) is 15.4 Å². The summed E-state index contributed by atoms with van der Waals surface area (Å²) in [6.07, 6.45) is 2.91. The number of phenolic OH excluding ortho intramolecular Hbond substituents is 1. The Bertz CT molecular complexity index is 938. The molecule has 2 aliphatic rings. The predicted octanol–water partition coefficient (Wildman–Crippen LogP) is 3.06. The molecule has 30 heavy (non-hydrogen) atoms. The molecule has 0 aliphatic carbocycles. The van der Waals surface area contributed by atoms with E-state index >= 15 is 0 Å². The van der Waals surface area contributed by atoms with Gasteiger partial charge in [-0.05, 0) is 68.8 Å². The van der Waals surface area contributed by atoms with Crippen molar-refractivity contribution in [1.82, 2.24) is 10.3 Å². The van der Waals surface area contributed by atoms with Crippen molar-refractivity contribution in [2.45, 2.75) is 38.8 Å². The highest BCUT2D eigenvalue weighted by Gasteiger charge is 2.27. The van der Waals surface area contributed by atoms with Gasteiger partial charge in [-0.25, -0.2) is 5.43 Å². The lowest BCUT2D eigenvalue weighted by atomic mass is 10.0. The summed E-state index contributed by atoms with van der Waals surface area (Å²) < 4.78 is 11.3. The minimum absolute atomic E-state index is 0.136. The summed E-state index contributed by atoms with van der Waals surface area (Å²) in [7, 11) is 0. The van der Waals surface area contributed by atoms with Crippen molar-refractivity contribution in [2.75, 3.05) is 19.7 Å². The molecule has 0 bridgehead atoms. The number of nitrogens with zero attached hydrogens (tertiary/aromatic N) is 2. The van der Waals surface area contributed by atoms with E-state index in [0.29, 0.717) is 23.8 Å². The van der Waals surface area contributed by atoms with Gasteiger partial charge in [-0.1, -0.05) is 18.6 Å². The van der Waals surface area contributed by atoms with Crippen molar-refractivity contribution in [3.63, 3.8) is 0 Å². The summed E-state index contributed by atoms with van der Waals surface area (Å²) in [5, 5.41) is 14.5. The molecule has 0 radical (unpaired) electrons. The number of likely N-dealkylation sites (tertiary alicyclic amines) is 1. The van der Waals surface area contributed by atoms with Gasteiger partial charge in [0.1, 0.15) is 12.4 Å². The number of nitrogens with one attached hydrogen (secondary N) is 1. The van der Waals surface area contributed by atoms with Crippen LogP contribution >= 0.6 is 0 Å². The summed E-state index contributed by atoms with van der Waals surface area (Å²) in [6.45, 7) is 4.78. The minimum atomic E-state index is -0.758. The van der Waals surface area contributed by atoms with Crippen LogP contribution in [0.15, 0.2) is 47.6 Å². The second-order valence-corrected chi connectivity index (χ2v) is 7.72. The fourth-order valence-electron chi connectivity index (χ4n) is 3.72. The van der Waals surface area contributed by atoms with Crippen LogP contribution in [-0.2, 0) is 11.3 Å². The van der Waals surface area contributed by atoms with Crippen LogP contribution in [0.3, 0.4) is 0 Å². The molecule has 2 aromatic carbocycles.